The van der Waals surface area contributed by atoms with E-state index in [-0.39, 0.29) is 38.1 Å². The summed E-state index contributed by atoms with van der Waals surface area (Å²) in [4.78, 5) is 78.7. The van der Waals surface area contributed by atoms with Gasteiger partial charge in [0.25, 0.3) is 17.7 Å². The SMILES string of the molecule is CC#CC(=O)N1C[C@H](C)C(O)(C(=O)N(C)[C@H](C(=O)N[C@H]2Cc3cccc(c3)-c3ccc4c(c3)c(c(-c3cccnc3[C@H](C)OC)n4CC)CC(C)(C)COC(=O)[C@@H]3CCCN(N3)C2=O)C2CCCC2)C1. The third kappa shape index (κ3) is 9.96. The molecule has 1 unspecified atom stereocenters. The van der Waals surface area contributed by atoms with Crippen molar-refractivity contribution >= 4 is 40.5 Å². The lowest BCUT2D eigenvalue weighted by atomic mass is 9.84. The Morgan fingerprint density at radius 2 is 1.81 bits per heavy atom. The smallest absolute Gasteiger partial charge is 0.324 e. The zero-order valence-electron chi connectivity index (χ0n) is 42.0. The number of likely N-dealkylation sites (tertiary alicyclic amines) is 1. The lowest BCUT2D eigenvalue weighted by Gasteiger charge is -2.39. The number of amides is 4. The van der Waals surface area contributed by atoms with Crippen LogP contribution >= 0.6 is 0 Å². The van der Waals surface area contributed by atoms with Crippen molar-refractivity contribution in [1.82, 2.24) is 35.1 Å². The first-order valence-corrected chi connectivity index (χ1v) is 25.0. The number of β-amino-alcohol motifs (C(OH)–C–C–N with tert-alkyl or cyclic N) is 1. The van der Waals surface area contributed by atoms with Gasteiger partial charge in [0, 0.05) is 74.2 Å². The first-order valence-electron chi connectivity index (χ1n) is 25.0. The minimum absolute atomic E-state index is 0.108. The molecule has 4 aromatic rings. The molecule has 6 bridgehead atoms. The van der Waals surface area contributed by atoms with Gasteiger partial charge in [0.2, 0.25) is 5.91 Å². The van der Waals surface area contributed by atoms with Crippen molar-refractivity contribution in [3.05, 3.63) is 77.6 Å². The number of esters is 1. The Morgan fingerprint density at radius 3 is 2.54 bits per heavy atom. The zero-order chi connectivity index (χ0) is 50.1. The topological polar surface area (TPSA) is 176 Å². The van der Waals surface area contributed by atoms with Crippen LogP contribution in [0.3, 0.4) is 0 Å². The number of carbonyl (C=O) groups excluding carboxylic acids is 5. The summed E-state index contributed by atoms with van der Waals surface area (Å²) in [5.74, 6) is 1.69. The monoisotopic (exact) mass is 956 g/mol. The van der Waals surface area contributed by atoms with E-state index in [0.717, 1.165) is 62.9 Å². The van der Waals surface area contributed by atoms with Crippen molar-refractivity contribution < 1.29 is 38.6 Å². The van der Waals surface area contributed by atoms with Crippen LogP contribution in [0.15, 0.2) is 60.8 Å². The predicted molar refractivity (Wildman–Crippen MR) is 266 cm³/mol. The Morgan fingerprint density at radius 1 is 1.06 bits per heavy atom. The standard InChI is InChI=1S/C55H69N7O8/c1-9-16-46(63)60-31-34(3)55(68,32-60)53(67)59(7)48(37-18-11-12-19-37)50(64)57-44-28-36-17-13-20-38(27-36)39-23-24-45-41(29-39)42(49(61(45)10-2)40-21-14-25-56-47(40)35(4)69-8)30-54(5,6)33-70-52(66)43-22-15-26-62(58-43)51(44)65/h13-14,17,20-21,23-25,27,29,34-35,37,43-44,48,58,68H,10-12,15,18-19,22,26,28,30-33H2,1-8H3,(H,57,64)/t34-,35-,43-,44-,48-,55?/m0/s1. The van der Waals surface area contributed by atoms with Crippen molar-refractivity contribution in [2.75, 3.05) is 40.4 Å². The molecule has 3 N–H and O–H groups in total. The molecule has 2 saturated heterocycles. The molecule has 1 saturated carbocycles. The van der Waals surface area contributed by atoms with Crippen LogP contribution in [0, 0.1) is 29.1 Å². The van der Waals surface area contributed by atoms with E-state index >= 15 is 0 Å². The Bertz CT molecular complexity index is 2710. The second-order valence-corrected chi connectivity index (χ2v) is 20.6. The Balaban J connectivity index is 1.19. The molecule has 4 amide bonds. The molecule has 0 radical (unpaired) electrons. The van der Waals surface area contributed by atoms with Crippen molar-refractivity contribution in [2.45, 2.75) is 129 Å². The number of ether oxygens (including phenoxy) is 2. The lowest BCUT2D eigenvalue weighted by Crippen LogP contribution is -2.63. The maximum absolute atomic E-state index is 15.0. The van der Waals surface area contributed by atoms with E-state index < -0.39 is 64.7 Å². The summed E-state index contributed by atoms with van der Waals surface area (Å²) in [5.41, 5.74) is 8.40. The van der Waals surface area contributed by atoms with Crippen LogP contribution in [-0.2, 0) is 52.8 Å². The molecule has 372 valence electrons. The molecule has 1 aliphatic carbocycles. The number of carbonyl (C=O) groups is 5. The highest BCUT2D eigenvalue weighted by Gasteiger charge is 2.53. The molecule has 8 rings (SSSR count). The highest BCUT2D eigenvalue weighted by atomic mass is 16.5. The number of hydrazine groups is 1. The normalized spacial score (nSPS) is 23.8. The number of fused-ring (bicyclic) bond motifs is 6. The van der Waals surface area contributed by atoms with Crippen LogP contribution in [0.5, 0.6) is 0 Å². The molecule has 3 fully saturated rings. The van der Waals surface area contributed by atoms with Crippen molar-refractivity contribution in [3.63, 3.8) is 0 Å². The van der Waals surface area contributed by atoms with E-state index in [4.69, 9.17) is 14.5 Å². The number of hydrogen-bond acceptors (Lipinski definition) is 10. The van der Waals surface area contributed by atoms with Crippen molar-refractivity contribution in [3.8, 4) is 34.2 Å². The fourth-order valence-electron chi connectivity index (χ4n) is 11.3. The Kier molecular flexibility index (Phi) is 14.9. The van der Waals surface area contributed by atoms with Gasteiger partial charge in [-0.05, 0) is 111 Å². The van der Waals surface area contributed by atoms with Gasteiger partial charge in [-0.2, -0.15) is 0 Å². The first-order chi connectivity index (χ1) is 33.5. The molecule has 3 aliphatic heterocycles. The van der Waals surface area contributed by atoms with Gasteiger partial charge in [-0.15, -0.1) is 0 Å². The van der Waals surface area contributed by atoms with Crippen molar-refractivity contribution in [1.29, 1.82) is 0 Å². The number of nitrogens with one attached hydrogen (secondary N) is 2. The number of nitrogens with zero attached hydrogens (tertiary/aromatic N) is 5. The maximum atomic E-state index is 15.0. The first kappa shape index (κ1) is 50.3. The quantitative estimate of drug-likeness (QED) is 0.133. The molecular formula is C55H69N7O8. The third-order valence-electron chi connectivity index (χ3n) is 15.1. The van der Waals surface area contributed by atoms with Gasteiger partial charge in [-0.25, -0.2) is 5.43 Å². The number of rotatable bonds is 9. The van der Waals surface area contributed by atoms with Crippen LogP contribution in [0.4, 0.5) is 0 Å². The molecule has 0 spiro atoms. The van der Waals surface area contributed by atoms with Crippen LogP contribution in [0.1, 0.15) is 103 Å². The summed E-state index contributed by atoms with van der Waals surface area (Å²) in [6, 6.07) is 15.6. The van der Waals surface area contributed by atoms with Crippen LogP contribution in [0.2, 0.25) is 0 Å². The summed E-state index contributed by atoms with van der Waals surface area (Å²) in [7, 11) is 3.21. The number of aryl methyl sites for hydroxylation is 1. The number of aromatic nitrogens is 2. The number of aliphatic hydroxyl groups is 1. The molecule has 2 aromatic heterocycles. The molecule has 2 aromatic carbocycles. The maximum Gasteiger partial charge on any atom is 0.324 e. The summed E-state index contributed by atoms with van der Waals surface area (Å²) in [5, 5.41) is 17.6. The highest BCUT2D eigenvalue weighted by molar-refractivity contribution is 5.98. The minimum atomic E-state index is -1.95. The number of benzene rings is 2. The second-order valence-electron chi connectivity index (χ2n) is 20.6. The number of likely N-dealkylation sites (N-methyl/N-ethyl adjacent to an activating group) is 1. The molecule has 5 heterocycles. The second kappa shape index (κ2) is 20.7. The fraction of sp³-hybridized carbons (Fsp3) is 0.527. The summed E-state index contributed by atoms with van der Waals surface area (Å²) >= 11 is 0. The van der Waals surface area contributed by atoms with E-state index in [1.807, 2.05) is 31.2 Å². The van der Waals surface area contributed by atoms with Crippen LogP contribution in [-0.4, -0.2) is 123 Å². The van der Waals surface area contributed by atoms with E-state index in [0.29, 0.717) is 45.2 Å². The molecule has 15 nitrogen and oxygen atoms in total. The van der Waals surface area contributed by atoms with E-state index in [2.05, 4.69) is 78.3 Å². The van der Waals surface area contributed by atoms with Crippen LogP contribution in [0.25, 0.3) is 33.3 Å². The van der Waals surface area contributed by atoms with Crippen LogP contribution < -0.4 is 10.7 Å². The molecule has 70 heavy (non-hydrogen) atoms. The number of methoxy groups -OCH3 is 1. The lowest BCUT2D eigenvalue weighted by molar-refractivity contribution is -0.159. The predicted octanol–water partition coefficient (Wildman–Crippen LogP) is 6.00. The van der Waals surface area contributed by atoms with Gasteiger partial charge in [0.1, 0.15) is 18.1 Å². The van der Waals surface area contributed by atoms with Gasteiger partial charge < -0.3 is 34.3 Å². The van der Waals surface area contributed by atoms with Gasteiger partial charge in [-0.1, -0.05) is 69.9 Å². The number of hydrogen-bond donors (Lipinski definition) is 3. The average molecular weight is 956 g/mol. The average Bonchev–Trinajstić information content (AvgIpc) is 4.08. The minimum Gasteiger partial charge on any atom is -0.464 e. The summed E-state index contributed by atoms with van der Waals surface area (Å²) in [6.07, 6.45) is 6.28. The van der Waals surface area contributed by atoms with E-state index in [1.54, 1.807) is 27.2 Å². The van der Waals surface area contributed by atoms with Gasteiger partial charge >= 0.3 is 5.97 Å². The summed E-state index contributed by atoms with van der Waals surface area (Å²) < 4.78 is 14.3. The van der Waals surface area contributed by atoms with Gasteiger partial charge in [0.05, 0.1) is 30.6 Å². The van der Waals surface area contributed by atoms with E-state index in [1.165, 1.54) is 21.9 Å². The molecule has 15 heteroatoms. The number of cyclic esters (lactones) is 1. The fourth-order valence-corrected chi connectivity index (χ4v) is 11.3. The largest absolute Gasteiger partial charge is 0.464 e. The van der Waals surface area contributed by atoms with Crippen molar-refractivity contribution in [2.24, 2.45) is 17.3 Å². The number of pyridine rings is 1. The third-order valence-corrected chi connectivity index (χ3v) is 15.1. The molecular weight excluding hydrogens is 887 g/mol. The van der Waals surface area contributed by atoms with Gasteiger partial charge in [0.15, 0.2) is 5.60 Å². The zero-order valence-corrected chi connectivity index (χ0v) is 42.0. The summed E-state index contributed by atoms with van der Waals surface area (Å²) in [6.45, 7) is 12.6. The molecule has 4 aliphatic rings. The molecule has 6 atom stereocenters. The Hall–Kier alpha value is -6.08. The van der Waals surface area contributed by atoms with E-state index in [9.17, 15) is 29.1 Å². The van der Waals surface area contributed by atoms with Gasteiger partial charge in [-0.3, -0.25) is 34.0 Å². The highest BCUT2D eigenvalue weighted by Crippen LogP contribution is 2.42. The Labute approximate surface area is 411 Å².